The van der Waals surface area contributed by atoms with Crippen LogP contribution in [0.2, 0.25) is 0 Å². The number of hydrogen-bond donors (Lipinski definition) is 0. The second-order valence-corrected chi connectivity index (χ2v) is 23.8. The Morgan fingerprint density at radius 3 is 0.746 bits per heavy atom. The molecule has 0 unspecified atom stereocenters. The van der Waals surface area contributed by atoms with E-state index in [4.69, 9.17) is 0 Å². The summed E-state index contributed by atoms with van der Waals surface area (Å²) in [6, 6.07) is 65.7. The van der Waals surface area contributed by atoms with Crippen molar-refractivity contribution in [2.75, 3.05) is 0 Å². The predicted molar refractivity (Wildman–Crippen MR) is 290 cm³/mol. The Labute approximate surface area is 403 Å². The van der Waals surface area contributed by atoms with Gasteiger partial charge < -0.3 is 0 Å². The van der Waals surface area contributed by atoms with E-state index in [9.17, 15) is 0 Å². The first-order valence-corrected chi connectivity index (χ1v) is 24.5. The van der Waals surface area contributed by atoms with Crippen LogP contribution in [0.5, 0.6) is 0 Å². The Balaban J connectivity index is 1.10. The summed E-state index contributed by atoms with van der Waals surface area (Å²) in [6.07, 6.45) is 0. The second-order valence-electron chi connectivity index (χ2n) is 23.8. The quantitative estimate of drug-likeness (QED) is 0.156. The van der Waals surface area contributed by atoms with Crippen LogP contribution < -0.4 is 0 Å². The van der Waals surface area contributed by atoms with Gasteiger partial charge in [-0.2, -0.15) is 0 Å². The molecule has 0 saturated carbocycles. The summed E-state index contributed by atoms with van der Waals surface area (Å²) in [5.74, 6) is 0. The lowest BCUT2D eigenvalue weighted by atomic mass is 9.67. The third-order valence-corrected chi connectivity index (χ3v) is 14.5. The fourth-order valence-corrected chi connectivity index (χ4v) is 10.2. The van der Waals surface area contributed by atoms with E-state index in [0.717, 1.165) is 0 Å². The van der Waals surface area contributed by atoms with Crippen LogP contribution in [0.1, 0.15) is 139 Å². The molecule has 0 fully saturated rings. The van der Waals surface area contributed by atoms with Crippen LogP contribution in [-0.2, 0) is 27.1 Å². The third-order valence-electron chi connectivity index (χ3n) is 14.5. The number of fused-ring (bicyclic) bond motifs is 3. The number of rotatable bonds is 6. The van der Waals surface area contributed by atoms with Gasteiger partial charge in [-0.25, -0.2) is 0 Å². The fraction of sp³-hybridized carbons (Fsp3) is 0.284. The topological polar surface area (TPSA) is 0 Å². The van der Waals surface area contributed by atoms with Crippen LogP contribution in [0.4, 0.5) is 0 Å². The molecule has 0 spiro atoms. The molecule has 0 aromatic heterocycles. The average molecular weight is 875 g/mol. The van der Waals surface area contributed by atoms with Gasteiger partial charge in [-0.05, 0) is 136 Å². The summed E-state index contributed by atoms with van der Waals surface area (Å²) >= 11 is 0. The lowest BCUT2D eigenvalue weighted by Gasteiger charge is -2.34. The van der Waals surface area contributed by atoms with E-state index < -0.39 is 5.41 Å². The van der Waals surface area contributed by atoms with Crippen LogP contribution in [0, 0.1) is 13.8 Å². The van der Waals surface area contributed by atoms with Crippen molar-refractivity contribution in [2.24, 2.45) is 0 Å². The van der Waals surface area contributed by atoms with E-state index in [1.54, 1.807) is 0 Å². The Morgan fingerprint density at radius 1 is 0.254 bits per heavy atom. The van der Waals surface area contributed by atoms with Gasteiger partial charge in [0.2, 0.25) is 0 Å². The molecule has 9 rings (SSSR count). The minimum absolute atomic E-state index is 0.0678. The van der Waals surface area contributed by atoms with E-state index in [2.05, 4.69) is 267 Å². The lowest BCUT2D eigenvalue weighted by molar-refractivity contribution is 0.568. The van der Waals surface area contributed by atoms with Crippen molar-refractivity contribution >= 4 is 0 Å². The summed E-state index contributed by atoms with van der Waals surface area (Å²) in [6.45, 7) is 32.2. The normalized spacial score (nSPS) is 13.6. The smallest absolute Gasteiger partial charge is 0.0587 e. The van der Waals surface area contributed by atoms with Gasteiger partial charge in [0.15, 0.2) is 0 Å². The fourth-order valence-electron chi connectivity index (χ4n) is 10.2. The monoisotopic (exact) mass is 875 g/mol. The molecule has 0 saturated heterocycles. The van der Waals surface area contributed by atoms with Crippen molar-refractivity contribution in [3.63, 3.8) is 0 Å². The Morgan fingerprint density at radius 2 is 0.493 bits per heavy atom. The Hall–Kier alpha value is -6.24. The molecule has 8 aromatic carbocycles. The molecule has 67 heavy (non-hydrogen) atoms. The highest BCUT2D eigenvalue weighted by atomic mass is 14.5. The zero-order valence-electron chi connectivity index (χ0n) is 42.7. The molecule has 0 heterocycles. The standard InChI is InChI=1S/C67H70/c1-43-15-33-59-60-34-16-44(2)36-62(60)67(61(59)35-43,53-29-25-47(26-30-53)45-17-21-49(22-18-45)51-37-55(63(3,4)5)41-56(38-51)64(6,7)8)54-31-27-48(28-32-54)46-19-23-50(24-20-46)52-39-57(65(9,10)11)42-58(40-52)66(12,13)14/h15-42H,1-14H3. The van der Waals surface area contributed by atoms with Crippen LogP contribution >= 0.6 is 0 Å². The van der Waals surface area contributed by atoms with Gasteiger partial charge in [-0.3, -0.25) is 0 Å². The van der Waals surface area contributed by atoms with Gasteiger partial charge in [0.25, 0.3) is 0 Å². The molecule has 1 aliphatic carbocycles. The highest BCUT2D eigenvalue weighted by molar-refractivity contribution is 5.87. The first kappa shape index (κ1) is 45.9. The van der Waals surface area contributed by atoms with Crippen LogP contribution in [0.15, 0.2) is 170 Å². The van der Waals surface area contributed by atoms with Gasteiger partial charge >= 0.3 is 0 Å². The molecular weight excluding hydrogens is 805 g/mol. The molecule has 338 valence electrons. The minimum Gasteiger partial charge on any atom is -0.0587 e. The minimum atomic E-state index is -0.487. The van der Waals surface area contributed by atoms with Crippen molar-refractivity contribution in [1.82, 2.24) is 0 Å². The highest BCUT2D eigenvalue weighted by Crippen LogP contribution is 2.57. The largest absolute Gasteiger partial charge is 0.0713 e. The summed E-state index contributed by atoms with van der Waals surface area (Å²) in [5, 5.41) is 0. The zero-order valence-corrected chi connectivity index (χ0v) is 42.7. The average Bonchev–Trinajstić information content (AvgIpc) is 3.56. The first-order chi connectivity index (χ1) is 31.5. The van der Waals surface area contributed by atoms with Crippen LogP contribution in [0.25, 0.3) is 55.6 Å². The summed E-state index contributed by atoms with van der Waals surface area (Å²) in [7, 11) is 0. The molecule has 0 aliphatic heterocycles. The van der Waals surface area contributed by atoms with E-state index in [1.807, 2.05) is 0 Å². The maximum atomic E-state index is 2.43. The van der Waals surface area contributed by atoms with E-state index >= 15 is 0 Å². The van der Waals surface area contributed by atoms with Gasteiger partial charge in [0, 0.05) is 0 Å². The van der Waals surface area contributed by atoms with Crippen LogP contribution in [-0.4, -0.2) is 0 Å². The molecule has 0 atom stereocenters. The summed E-state index contributed by atoms with van der Waals surface area (Å²) < 4.78 is 0. The van der Waals surface area contributed by atoms with E-state index in [1.165, 1.54) is 111 Å². The molecular formula is C67H70. The Kier molecular flexibility index (Phi) is 11.3. The van der Waals surface area contributed by atoms with E-state index in [-0.39, 0.29) is 21.7 Å². The SMILES string of the molecule is Cc1ccc2c(c1)C(c1ccc(-c3ccc(-c4cc(C(C)(C)C)cc(C(C)(C)C)c4)cc3)cc1)(c1ccc(-c3ccc(-c4cc(C(C)(C)C)cc(C(C)(C)C)c4)cc3)cc1)c1cc(C)ccc1-2. The molecule has 1 aliphatic rings. The van der Waals surface area contributed by atoms with Crippen molar-refractivity contribution in [2.45, 2.75) is 124 Å². The van der Waals surface area contributed by atoms with Crippen molar-refractivity contribution < 1.29 is 0 Å². The number of aryl methyl sites for hydroxylation is 2. The highest BCUT2D eigenvalue weighted by Gasteiger charge is 2.46. The predicted octanol–water partition coefficient (Wildman–Crippen LogP) is 18.5. The molecule has 0 radical (unpaired) electrons. The third kappa shape index (κ3) is 8.66. The van der Waals surface area contributed by atoms with Crippen molar-refractivity contribution in [3.8, 4) is 55.6 Å². The molecule has 0 bridgehead atoms. The number of hydrogen-bond acceptors (Lipinski definition) is 0. The van der Waals surface area contributed by atoms with Gasteiger partial charge in [-0.15, -0.1) is 0 Å². The number of benzene rings is 8. The van der Waals surface area contributed by atoms with Crippen LogP contribution in [0.3, 0.4) is 0 Å². The van der Waals surface area contributed by atoms with Crippen molar-refractivity contribution in [3.05, 3.63) is 225 Å². The lowest BCUT2D eigenvalue weighted by Crippen LogP contribution is -2.28. The first-order valence-electron chi connectivity index (χ1n) is 24.5. The van der Waals surface area contributed by atoms with Gasteiger partial charge in [-0.1, -0.05) is 264 Å². The van der Waals surface area contributed by atoms with Crippen molar-refractivity contribution in [1.29, 1.82) is 0 Å². The summed E-state index contributed by atoms with van der Waals surface area (Å²) in [4.78, 5) is 0. The van der Waals surface area contributed by atoms with Gasteiger partial charge in [0.05, 0.1) is 5.41 Å². The molecule has 0 amide bonds. The maximum absolute atomic E-state index is 2.43. The molecule has 0 heteroatoms. The molecule has 0 nitrogen and oxygen atoms in total. The molecule has 0 N–H and O–H groups in total. The maximum Gasteiger partial charge on any atom is 0.0713 e. The Bertz CT molecular complexity index is 2820. The van der Waals surface area contributed by atoms with Gasteiger partial charge in [0.1, 0.15) is 0 Å². The second kappa shape index (κ2) is 16.5. The van der Waals surface area contributed by atoms with E-state index in [0.29, 0.717) is 0 Å². The zero-order chi connectivity index (χ0) is 47.8. The molecule has 8 aromatic rings. The summed E-state index contributed by atoms with van der Waals surface area (Å²) in [5.41, 5.74) is 25.7.